The van der Waals surface area contributed by atoms with E-state index in [4.69, 9.17) is 23.9 Å². The van der Waals surface area contributed by atoms with E-state index in [0.717, 1.165) is 41.7 Å². The number of nitrogens with zero attached hydrogens (tertiary/aromatic N) is 1. The highest BCUT2D eigenvalue weighted by atomic mass is 19.3. The third-order valence-corrected chi connectivity index (χ3v) is 6.98. The zero-order chi connectivity index (χ0) is 24.5. The van der Waals surface area contributed by atoms with Crippen LogP contribution in [0.4, 0.5) is 8.78 Å². The average Bonchev–Trinajstić information content (AvgIpc) is 3.67. The normalized spacial score (nSPS) is 23.3. The van der Waals surface area contributed by atoms with Gasteiger partial charge in [0.05, 0.1) is 38.2 Å². The molecule has 2 aromatic carbocycles. The number of ether oxygens (including phenoxy) is 4. The van der Waals surface area contributed by atoms with Crippen LogP contribution in [0.5, 0.6) is 23.0 Å². The second-order valence-electron chi connectivity index (χ2n) is 9.44. The molecule has 0 amide bonds. The third kappa shape index (κ3) is 5.08. The van der Waals surface area contributed by atoms with E-state index in [0.29, 0.717) is 43.5 Å². The molecule has 3 unspecified atom stereocenters. The molecular weight excluding hydrogens is 456 g/mol. The Morgan fingerprint density at radius 2 is 1.80 bits per heavy atom. The highest BCUT2D eigenvalue weighted by Gasteiger charge is 2.37. The van der Waals surface area contributed by atoms with E-state index in [1.54, 1.807) is 19.2 Å². The standard InChI is InChI=1S/C27H31F2NO5/c1-3-33-25-12-18-19-11-17(31)7-8-21(19)30-26(20(18)13-23(25)32-2)16-6-9-22(35-27(28)29)24(10-16)34-14-15-4-5-15/h6,9-10,12-13,15,17,19,21,27,31H,3-5,7-8,11,14H2,1-2H3. The number of aliphatic imine (C=N–C) groups is 1. The Hall–Kier alpha value is -2.87. The van der Waals surface area contributed by atoms with Gasteiger partial charge in [-0.1, -0.05) is 0 Å². The van der Waals surface area contributed by atoms with E-state index in [1.165, 1.54) is 6.07 Å². The van der Waals surface area contributed by atoms with Gasteiger partial charge in [-0.2, -0.15) is 8.78 Å². The van der Waals surface area contributed by atoms with Gasteiger partial charge in [0.15, 0.2) is 23.0 Å². The molecule has 2 fully saturated rings. The summed E-state index contributed by atoms with van der Waals surface area (Å²) in [5, 5.41) is 10.4. The summed E-state index contributed by atoms with van der Waals surface area (Å²) in [6, 6.07) is 8.94. The Morgan fingerprint density at radius 1 is 1.00 bits per heavy atom. The molecule has 3 aliphatic rings. The summed E-state index contributed by atoms with van der Waals surface area (Å²) < 4.78 is 48.1. The smallest absolute Gasteiger partial charge is 0.387 e. The quantitative estimate of drug-likeness (QED) is 0.518. The Kier molecular flexibility index (Phi) is 6.82. The van der Waals surface area contributed by atoms with Crippen LogP contribution in [0.3, 0.4) is 0 Å². The van der Waals surface area contributed by atoms with Crippen LogP contribution in [0.15, 0.2) is 35.3 Å². The minimum Gasteiger partial charge on any atom is -0.493 e. The lowest BCUT2D eigenvalue weighted by atomic mass is 9.74. The Bertz CT molecular complexity index is 1100. The summed E-state index contributed by atoms with van der Waals surface area (Å²) in [5.41, 5.74) is 3.45. The minimum absolute atomic E-state index is 0.0107. The maximum Gasteiger partial charge on any atom is 0.387 e. The lowest BCUT2D eigenvalue weighted by Gasteiger charge is -2.37. The van der Waals surface area contributed by atoms with Crippen LogP contribution in [-0.2, 0) is 0 Å². The number of fused-ring (bicyclic) bond motifs is 3. The van der Waals surface area contributed by atoms with Crippen LogP contribution in [0, 0.1) is 5.92 Å². The molecule has 2 saturated carbocycles. The van der Waals surface area contributed by atoms with Crippen LogP contribution in [0.1, 0.15) is 61.6 Å². The monoisotopic (exact) mass is 487 g/mol. The molecule has 6 nitrogen and oxygen atoms in total. The lowest BCUT2D eigenvalue weighted by Crippen LogP contribution is -2.34. The summed E-state index contributed by atoms with van der Waals surface area (Å²) in [4.78, 5) is 5.10. The van der Waals surface area contributed by atoms with Crippen molar-refractivity contribution in [1.82, 2.24) is 0 Å². The molecule has 5 rings (SSSR count). The molecule has 0 spiro atoms. The fourth-order valence-corrected chi connectivity index (χ4v) is 5.06. The average molecular weight is 488 g/mol. The number of hydrogen-bond acceptors (Lipinski definition) is 6. The van der Waals surface area contributed by atoms with Gasteiger partial charge in [0.2, 0.25) is 0 Å². The predicted molar refractivity (Wildman–Crippen MR) is 127 cm³/mol. The van der Waals surface area contributed by atoms with Gasteiger partial charge in [0, 0.05) is 17.0 Å². The maximum atomic E-state index is 13.0. The van der Waals surface area contributed by atoms with Crippen LogP contribution in [0.2, 0.25) is 0 Å². The first-order chi connectivity index (χ1) is 17.0. The molecule has 0 bridgehead atoms. The Balaban J connectivity index is 1.59. The van der Waals surface area contributed by atoms with E-state index < -0.39 is 6.61 Å². The van der Waals surface area contributed by atoms with Crippen molar-refractivity contribution in [3.05, 3.63) is 47.0 Å². The molecule has 0 radical (unpaired) electrons. The van der Waals surface area contributed by atoms with Crippen molar-refractivity contribution in [2.24, 2.45) is 10.9 Å². The molecule has 0 saturated heterocycles. The summed E-state index contributed by atoms with van der Waals surface area (Å²) in [6.45, 7) is -0.0431. The SMILES string of the molecule is CCOc1cc2c(cc1OC)C(c1ccc(OC(F)F)c(OCC3CC3)c1)=NC1CCC(O)CC21. The summed E-state index contributed by atoms with van der Waals surface area (Å²) >= 11 is 0. The lowest BCUT2D eigenvalue weighted by molar-refractivity contribution is -0.0515. The van der Waals surface area contributed by atoms with Crippen LogP contribution in [-0.4, -0.2) is 49.9 Å². The van der Waals surface area contributed by atoms with Gasteiger partial charge in [-0.25, -0.2) is 0 Å². The first kappa shape index (κ1) is 23.9. The summed E-state index contributed by atoms with van der Waals surface area (Å²) in [7, 11) is 1.59. The second-order valence-corrected chi connectivity index (χ2v) is 9.44. The van der Waals surface area contributed by atoms with E-state index in [9.17, 15) is 13.9 Å². The van der Waals surface area contributed by atoms with Crippen molar-refractivity contribution >= 4 is 5.71 Å². The van der Waals surface area contributed by atoms with Crippen LogP contribution >= 0.6 is 0 Å². The van der Waals surface area contributed by atoms with Crippen LogP contribution < -0.4 is 18.9 Å². The number of rotatable bonds is 9. The van der Waals surface area contributed by atoms with Gasteiger partial charge in [-0.3, -0.25) is 4.99 Å². The number of benzene rings is 2. The summed E-state index contributed by atoms with van der Waals surface area (Å²) in [5.74, 6) is 2.08. The third-order valence-electron chi connectivity index (χ3n) is 6.98. The number of halogens is 2. The zero-order valence-electron chi connectivity index (χ0n) is 20.0. The molecule has 3 atom stereocenters. The Morgan fingerprint density at radius 3 is 2.51 bits per heavy atom. The maximum absolute atomic E-state index is 13.0. The van der Waals surface area contributed by atoms with Crippen molar-refractivity contribution < 1.29 is 32.8 Å². The van der Waals surface area contributed by atoms with Crippen molar-refractivity contribution in [3.8, 4) is 23.0 Å². The number of methoxy groups -OCH3 is 1. The number of alkyl halides is 2. The first-order valence-electron chi connectivity index (χ1n) is 12.3. The largest absolute Gasteiger partial charge is 0.493 e. The number of aliphatic hydroxyl groups is 1. The molecule has 188 valence electrons. The molecule has 35 heavy (non-hydrogen) atoms. The van der Waals surface area contributed by atoms with Gasteiger partial charge >= 0.3 is 6.61 Å². The van der Waals surface area contributed by atoms with Gasteiger partial charge < -0.3 is 24.1 Å². The van der Waals surface area contributed by atoms with Gasteiger partial charge in [0.1, 0.15) is 0 Å². The van der Waals surface area contributed by atoms with E-state index in [2.05, 4.69) is 0 Å². The molecule has 2 aromatic rings. The number of aliphatic hydroxyl groups excluding tert-OH is 1. The fourth-order valence-electron chi connectivity index (χ4n) is 5.06. The highest BCUT2D eigenvalue weighted by molar-refractivity contribution is 6.15. The van der Waals surface area contributed by atoms with Gasteiger partial charge in [-0.15, -0.1) is 0 Å². The number of hydrogen-bond donors (Lipinski definition) is 1. The zero-order valence-corrected chi connectivity index (χ0v) is 20.0. The molecule has 2 aliphatic carbocycles. The minimum atomic E-state index is -2.94. The molecule has 1 heterocycles. The summed E-state index contributed by atoms with van der Waals surface area (Å²) in [6.07, 6.45) is 3.89. The van der Waals surface area contributed by atoms with Crippen molar-refractivity contribution in [3.63, 3.8) is 0 Å². The van der Waals surface area contributed by atoms with E-state index >= 15 is 0 Å². The molecule has 1 N–H and O–H groups in total. The molecular formula is C27H31F2NO5. The van der Waals surface area contributed by atoms with Crippen molar-refractivity contribution in [2.45, 2.75) is 63.7 Å². The van der Waals surface area contributed by atoms with Crippen molar-refractivity contribution in [2.75, 3.05) is 20.3 Å². The predicted octanol–water partition coefficient (Wildman–Crippen LogP) is 5.33. The van der Waals surface area contributed by atoms with Gasteiger partial charge in [-0.05, 0) is 80.8 Å². The molecule has 1 aliphatic heterocycles. The Labute approximate surface area is 203 Å². The van der Waals surface area contributed by atoms with E-state index in [-0.39, 0.29) is 29.6 Å². The van der Waals surface area contributed by atoms with Crippen LogP contribution in [0.25, 0.3) is 0 Å². The highest BCUT2D eigenvalue weighted by Crippen LogP contribution is 2.45. The second kappa shape index (κ2) is 10.0. The van der Waals surface area contributed by atoms with Crippen molar-refractivity contribution in [1.29, 1.82) is 0 Å². The fraction of sp³-hybridized carbons (Fsp3) is 0.519. The van der Waals surface area contributed by atoms with Gasteiger partial charge in [0.25, 0.3) is 0 Å². The topological polar surface area (TPSA) is 69.5 Å². The molecule has 8 heteroatoms. The van der Waals surface area contributed by atoms with E-state index in [1.807, 2.05) is 19.1 Å². The first-order valence-corrected chi connectivity index (χ1v) is 12.3. The molecule has 0 aromatic heterocycles.